The summed E-state index contributed by atoms with van der Waals surface area (Å²) < 4.78 is 10.5. The molecule has 2 unspecified atom stereocenters. The lowest BCUT2D eigenvalue weighted by atomic mass is 10.0. The van der Waals surface area contributed by atoms with Crippen LogP contribution in [0.1, 0.15) is 181 Å². The van der Waals surface area contributed by atoms with E-state index in [4.69, 9.17) is 9.47 Å². The van der Waals surface area contributed by atoms with Crippen LogP contribution in [0.4, 0.5) is 0 Å². The molecule has 0 aliphatic heterocycles. The van der Waals surface area contributed by atoms with Crippen LogP contribution in [-0.4, -0.2) is 58.8 Å². The van der Waals surface area contributed by atoms with Crippen molar-refractivity contribution in [3.8, 4) is 0 Å². The van der Waals surface area contributed by atoms with E-state index in [0.29, 0.717) is 19.3 Å². The first-order valence-corrected chi connectivity index (χ1v) is 20.1. The van der Waals surface area contributed by atoms with Crippen LogP contribution in [0.3, 0.4) is 0 Å². The predicted molar refractivity (Wildman–Crippen MR) is 203 cm³/mol. The van der Waals surface area contributed by atoms with Crippen molar-refractivity contribution >= 4 is 11.9 Å². The topological polar surface area (TPSA) is 113 Å². The number of aliphatic hydroxyl groups excluding tert-OH is 3. The molecule has 0 aliphatic rings. The monoisotopic (exact) mass is 693 g/mol. The van der Waals surface area contributed by atoms with Crippen molar-refractivity contribution in [1.29, 1.82) is 0 Å². The van der Waals surface area contributed by atoms with E-state index < -0.39 is 30.9 Å². The van der Waals surface area contributed by atoms with Crippen LogP contribution in [0.5, 0.6) is 0 Å². The molecule has 0 amide bonds. The van der Waals surface area contributed by atoms with Crippen LogP contribution in [-0.2, 0) is 19.1 Å². The van der Waals surface area contributed by atoms with Gasteiger partial charge in [-0.1, -0.05) is 154 Å². The molecule has 0 bridgehead atoms. The van der Waals surface area contributed by atoms with Gasteiger partial charge in [-0.2, -0.15) is 0 Å². The molecule has 0 fully saturated rings. The fraction of sp³-hybridized carbons (Fsp3) is 0.810. The lowest BCUT2D eigenvalue weighted by Crippen LogP contribution is -2.28. The van der Waals surface area contributed by atoms with Crippen molar-refractivity contribution in [1.82, 2.24) is 0 Å². The van der Waals surface area contributed by atoms with E-state index in [-0.39, 0.29) is 25.4 Å². The number of unbranched alkanes of at least 4 members (excludes halogenated alkanes) is 15. The van der Waals surface area contributed by atoms with E-state index in [1.165, 1.54) is 89.9 Å². The Kier molecular flexibility index (Phi) is 34.4. The molecule has 0 rings (SSSR count). The summed E-state index contributed by atoms with van der Waals surface area (Å²) in [6.45, 7) is 6.20. The fourth-order valence-electron chi connectivity index (χ4n) is 5.61. The maximum atomic E-state index is 12.2. The lowest BCUT2D eigenvalue weighted by Gasteiger charge is -2.17. The summed E-state index contributed by atoms with van der Waals surface area (Å²) in [6.07, 6.45) is 35.2. The molecule has 0 aliphatic carbocycles. The first-order valence-electron chi connectivity index (χ1n) is 20.1. The minimum Gasteiger partial charge on any atom is -0.462 e. The Hall–Kier alpha value is -1.96. The van der Waals surface area contributed by atoms with Gasteiger partial charge in [-0.3, -0.25) is 9.59 Å². The van der Waals surface area contributed by atoms with Crippen LogP contribution >= 0.6 is 0 Å². The second kappa shape index (κ2) is 35.9. The molecular weight excluding hydrogens is 616 g/mol. The molecule has 3 N–H and O–H groups in total. The van der Waals surface area contributed by atoms with Crippen molar-refractivity contribution in [2.75, 3.05) is 13.2 Å². The quantitative estimate of drug-likeness (QED) is 0.0344. The van der Waals surface area contributed by atoms with Gasteiger partial charge in [-0.15, -0.1) is 0 Å². The Labute approximate surface area is 301 Å². The molecule has 49 heavy (non-hydrogen) atoms. The summed E-state index contributed by atoms with van der Waals surface area (Å²) in [4.78, 5) is 24.3. The fourth-order valence-corrected chi connectivity index (χ4v) is 5.61. The molecule has 7 heteroatoms. The number of carbonyl (C=O) groups excluding carboxylic acids is 2. The van der Waals surface area contributed by atoms with E-state index in [1.54, 1.807) is 0 Å². The smallest absolute Gasteiger partial charge is 0.306 e. The Morgan fingerprint density at radius 1 is 0.592 bits per heavy atom. The SMILES string of the molecule is CCCCC/C=C\C/C=C\C/C=C\CC(O)C(O)CCCC(=O)OC[C@H](CO)OC(=O)CCCCCCCCCCCCCCCC(C)C. The third kappa shape index (κ3) is 34.3. The van der Waals surface area contributed by atoms with Crippen molar-refractivity contribution < 1.29 is 34.4 Å². The summed E-state index contributed by atoms with van der Waals surface area (Å²) in [6, 6.07) is 0. The van der Waals surface area contributed by atoms with Crippen molar-refractivity contribution in [3.63, 3.8) is 0 Å². The van der Waals surface area contributed by atoms with Gasteiger partial charge in [0.05, 0.1) is 18.8 Å². The molecule has 286 valence electrons. The van der Waals surface area contributed by atoms with Crippen LogP contribution in [0.2, 0.25) is 0 Å². The normalized spacial score (nSPS) is 13.9. The van der Waals surface area contributed by atoms with Gasteiger partial charge < -0.3 is 24.8 Å². The van der Waals surface area contributed by atoms with Crippen LogP contribution < -0.4 is 0 Å². The second-order valence-electron chi connectivity index (χ2n) is 14.2. The maximum Gasteiger partial charge on any atom is 0.306 e. The molecule has 0 radical (unpaired) electrons. The number of carbonyl (C=O) groups is 2. The summed E-state index contributed by atoms with van der Waals surface area (Å²) in [7, 11) is 0. The van der Waals surface area contributed by atoms with Crippen LogP contribution in [0.25, 0.3) is 0 Å². The number of ether oxygens (including phenoxy) is 2. The Morgan fingerprint density at radius 2 is 1.12 bits per heavy atom. The zero-order chi connectivity index (χ0) is 36.2. The minimum absolute atomic E-state index is 0.0716. The van der Waals surface area contributed by atoms with E-state index >= 15 is 0 Å². The highest BCUT2D eigenvalue weighted by molar-refractivity contribution is 5.70. The molecule has 0 saturated heterocycles. The highest BCUT2D eigenvalue weighted by Crippen LogP contribution is 2.15. The van der Waals surface area contributed by atoms with Crippen molar-refractivity contribution in [3.05, 3.63) is 36.5 Å². The second-order valence-corrected chi connectivity index (χ2v) is 14.2. The molecule has 7 nitrogen and oxygen atoms in total. The van der Waals surface area contributed by atoms with Gasteiger partial charge in [-0.05, 0) is 57.3 Å². The Balaban J connectivity index is 3.79. The van der Waals surface area contributed by atoms with Gasteiger partial charge in [0.15, 0.2) is 6.10 Å². The Bertz CT molecular complexity index is 835. The molecule has 0 heterocycles. The average Bonchev–Trinajstić information content (AvgIpc) is 3.08. The highest BCUT2D eigenvalue weighted by Gasteiger charge is 2.18. The molecule has 0 aromatic heterocycles. The first-order chi connectivity index (χ1) is 23.8. The summed E-state index contributed by atoms with van der Waals surface area (Å²) in [5, 5.41) is 30.0. The standard InChI is InChI=1S/C42H76O7/c1-4-5-6-7-8-9-10-15-18-21-24-27-31-39(44)40(45)32-29-34-41(46)48-36-38(35-43)49-42(47)33-28-25-22-19-16-13-11-12-14-17-20-23-26-30-37(2)3/h8-9,15,18,24,27,37-40,43-45H,4-7,10-14,16-17,19-23,25-26,28-36H2,1-3H3/b9-8-,18-15-,27-24-/t38-,39?,40?/m0/s1. The number of rotatable bonds is 35. The average molecular weight is 693 g/mol. The van der Waals surface area contributed by atoms with Gasteiger partial charge >= 0.3 is 11.9 Å². The molecular formula is C42H76O7. The van der Waals surface area contributed by atoms with Crippen LogP contribution in [0, 0.1) is 5.92 Å². The third-order valence-electron chi connectivity index (χ3n) is 8.82. The number of hydrogen-bond donors (Lipinski definition) is 3. The maximum absolute atomic E-state index is 12.2. The molecule has 0 aromatic carbocycles. The van der Waals surface area contributed by atoms with Crippen molar-refractivity contribution in [2.24, 2.45) is 5.92 Å². The number of hydrogen-bond acceptors (Lipinski definition) is 7. The summed E-state index contributed by atoms with van der Waals surface area (Å²) in [5.74, 6) is -0.0415. The number of esters is 2. The van der Waals surface area contributed by atoms with Crippen LogP contribution in [0.15, 0.2) is 36.5 Å². The van der Waals surface area contributed by atoms with E-state index in [9.17, 15) is 24.9 Å². The zero-order valence-corrected chi connectivity index (χ0v) is 31.8. The molecule has 0 aromatic rings. The molecule has 0 spiro atoms. The minimum atomic E-state index is -0.930. The summed E-state index contributed by atoms with van der Waals surface area (Å²) in [5.41, 5.74) is 0. The van der Waals surface area contributed by atoms with Gasteiger partial charge in [0.2, 0.25) is 0 Å². The highest BCUT2D eigenvalue weighted by atomic mass is 16.6. The Morgan fingerprint density at radius 3 is 1.69 bits per heavy atom. The molecule has 3 atom stereocenters. The lowest BCUT2D eigenvalue weighted by molar-refractivity contribution is -0.161. The van der Waals surface area contributed by atoms with Crippen molar-refractivity contribution in [2.45, 2.75) is 200 Å². The first kappa shape index (κ1) is 47.0. The summed E-state index contributed by atoms with van der Waals surface area (Å²) >= 11 is 0. The van der Waals surface area contributed by atoms with E-state index in [0.717, 1.165) is 44.4 Å². The van der Waals surface area contributed by atoms with Gasteiger partial charge in [-0.25, -0.2) is 0 Å². The van der Waals surface area contributed by atoms with Gasteiger partial charge in [0, 0.05) is 12.8 Å². The number of allylic oxidation sites excluding steroid dienone is 5. The number of aliphatic hydroxyl groups is 3. The van der Waals surface area contributed by atoms with E-state index in [2.05, 4.69) is 45.1 Å². The largest absolute Gasteiger partial charge is 0.462 e. The predicted octanol–water partition coefficient (Wildman–Crippen LogP) is 10.3. The molecule has 0 saturated carbocycles. The zero-order valence-electron chi connectivity index (χ0n) is 31.8. The van der Waals surface area contributed by atoms with E-state index in [1.807, 2.05) is 12.2 Å². The van der Waals surface area contributed by atoms with Gasteiger partial charge in [0.1, 0.15) is 6.61 Å². The third-order valence-corrected chi connectivity index (χ3v) is 8.82. The van der Waals surface area contributed by atoms with Gasteiger partial charge in [0.25, 0.3) is 0 Å².